The van der Waals surface area contributed by atoms with Crippen LogP contribution < -0.4 is 5.32 Å². The summed E-state index contributed by atoms with van der Waals surface area (Å²) >= 11 is 0. The van der Waals surface area contributed by atoms with Crippen LogP contribution in [-0.2, 0) is 0 Å². The summed E-state index contributed by atoms with van der Waals surface area (Å²) in [6.45, 7) is 6.34. The van der Waals surface area contributed by atoms with E-state index in [1.165, 1.54) is 12.1 Å². The Morgan fingerprint density at radius 1 is 1.25 bits per heavy atom. The molecule has 2 unspecified atom stereocenters. The highest BCUT2D eigenvalue weighted by Crippen LogP contribution is 2.23. The third kappa shape index (κ3) is 3.47. The molecule has 0 heterocycles. The summed E-state index contributed by atoms with van der Waals surface area (Å²) in [7, 11) is 0. The molecular weight excluding hydrogens is 208 g/mol. The van der Waals surface area contributed by atoms with Crippen LogP contribution in [0.1, 0.15) is 39.2 Å². The zero-order valence-corrected chi connectivity index (χ0v) is 10.0. The van der Waals surface area contributed by atoms with Crippen molar-refractivity contribution in [3.05, 3.63) is 29.8 Å². The second kappa shape index (κ2) is 5.83. The number of anilines is 1. The van der Waals surface area contributed by atoms with Gasteiger partial charge in [-0.3, -0.25) is 0 Å². The van der Waals surface area contributed by atoms with Gasteiger partial charge in [-0.2, -0.15) is 0 Å². The molecule has 0 fully saturated rings. The first kappa shape index (κ1) is 12.9. The van der Waals surface area contributed by atoms with E-state index in [0.29, 0.717) is 5.92 Å². The largest absolute Gasteiger partial charge is 0.382 e. The van der Waals surface area contributed by atoms with Gasteiger partial charge in [-0.15, -0.1) is 0 Å². The number of benzene rings is 1. The van der Waals surface area contributed by atoms with Crippen molar-refractivity contribution in [3.8, 4) is 0 Å². The predicted molar refractivity (Wildman–Crippen MR) is 63.9 cm³/mol. The number of rotatable bonds is 5. The summed E-state index contributed by atoms with van der Waals surface area (Å²) in [6, 6.07) is 6.74. The predicted octanol–water partition coefficient (Wildman–Crippen LogP) is 4.47. The van der Waals surface area contributed by atoms with E-state index in [1.807, 2.05) is 6.07 Å². The van der Waals surface area contributed by atoms with E-state index >= 15 is 0 Å². The monoisotopic (exact) mass is 227 g/mol. The highest BCUT2D eigenvalue weighted by Gasteiger charge is 2.11. The summed E-state index contributed by atoms with van der Waals surface area (Å²) < 4.78 is 25.0. The van der Waals surface area contributed by atoms with Crippen molar-refractivity contribution in [2.24, 2.45) is 5.92 Å². The molecule has 1 rings (SSSR count). The Bertz CT molecular complexity index is 325. The third-order valence-electron chi connectivity index (χ3n) is 3.03. The second-order valence-corrected chi connectivity index (χ2v) is 4.24. The van der Waals surface area contributed by atoms with E-state index < -0.39 is 6.43 Å². The van der Waals surface area contributed by atoms with Crippen LogP contribution in [-0.4, -0.2) is 6.04 Å². The van der Waals surface area contributed by atoms with E-state index in [1.54, 1.807) is 6.07 Å². The first-order chi connectivity index (χ1) is 7.54. The molecule has 1 aromatic rings. The molecule has 3 heteroatoms. The van der Waals surface area contributed by atoms with Crippen LogP contribution in [0.5, 0.6) is 0 Å². The van der Waals surface area contributed by atoms with E-state index in [-0.39, 0.29) is 11.6 Å². The molecule has 90 valence electrons. The summed E-state index contributed by atoms with van der Waals surface area (Å²) in [4.78, 5) is 0. The third-order valence-corrected chi connectivity index (χ3v) is 3.03. The van der Waals surface area contributed by atoms with Gasteiger partial charge < -0.3 is 5.32 Å². The molecule has 0 radical (unpaired) electrons. The molecule has 0 aliphatic heterocycles. The molecule has 0 aliphatic rings. The van der Waals surface area contributed by atoms with Crippen LogP contribution in [0.15, 0.2) is 24.3 Å². The Hall–Kier alpha value is -1.12. The molecule has 0 aliphatic carbocycles. The molecule has 0 amide bonds. The zero-order valence-electron chi connectivity index (χ0n) is 10.0. The number of alkyl halides is 2. The Morgan fingerprint density at radius 3 is 2.50 bits per heavy atom. The fourth-order valence-corrected chi connectivity index (χ4v) is 1.52. The zero-order chi connectivity index (χ0) is 12.1. The Kier molecular flexibility index (Phi) is 4.71. The summed E-state index contributed by atoms with van der Waals surface area (Å²) in [5, 5.41) is 3.25. The Morgan fingerprint density at radius 2 is 1.94 bits per heavy atom. The van der Waals surface area contributed by atoms with Crippen molar-refractivity contribution in [2.45, 2.75) is 39.7 Å². The Balaban J connectivity index is 2.70. The topological polar surface area (TPSA) is 12.0 Å². The smallest absolute Gasteiger partial charge is 0.263 e. The summed E-state index contributed by atoms with van der Waals surface area (Å²) in [5.41, 5.74) is 0.840. The van der Waals surface area contributed by atoms with Crippen molar-refractivity contribution in [2.75, 3.05) is 5.32 Å². The molecule has 16 heavy (non-hydrogen) atoms. The first-order valence-electron chi connectivity index (χ1n) is 5.69. The average molecular weight is 227 g/mol. The van der Waals surface area contributed by atoms with Gasteiger partial charge in [-0.25, -0.2) is 8.78 Å². The van der Waals surface area contributed by atoms with Crippen LogP contribution in [0, 0.1) is 5.92 Å². The van der Waals surface area contributed by atoms with Crippen molar-refractivity contribution in [1.29, 1.82) is 0 Å². The van der Waals surface area contributed by atoms with Gasteiger partial charge in [0.05, 0.1) is 0 Å². The van der Waals surface area contributed by atoms with Crippen LogP contribution >= 0.6 is 0 Å². The van der Waals surface area contributed by atoms with Gasteiger partial charge in [0, 0.05) is 17.3 Å². The van der Waals surface area contributed by atoms with Gasteiger partial charge in [-0.1, -0.05) is 32.4 Å². The number of nitrogens with one attached hydrogen (secondary N) is 1. The molecule has 0 aromatic heterocycles. The normalized spacial score (nSPS) is 14.9. The lowest BCUT2D eigenvalue weighted by molar-refractivity contribution is 0.151. The minimum absolute atomic E-state index is 0.0707. The maximum Gasteiger partial charge on any atom is 0.263 e. The quantitative estimate of drug-likeness (QED) is 0.782. The minimum atomic E-state index is -2.40. The average Bonchev–Trinajstić information content (AvgIpc) is 2.28. The molecular formula is C13H19F2N. The molecule has 2 atom stereocenters. The van der Waals surface area contributed by atoms with E-state index in [9.17, 15) is 8.78 Å². The first-order valence-corrected chi connectivity index (χ1v) is 5.69. The molecule has 1 nitrogen and oxygen atoms in total. The number of hydrogen-bond acceptors (Lipinski definition) is 1. The lowest BCUT2D eigenvalue weighted by atomic mass is 10.0. The Labute approximate surface area is 95.9 Å². The molecule has 1 N–H and O–H groups in total. The van der Waals surface area contributed by atoms with Gasteiger partial charge in [0.1, 0.15) is 0 Å². The molecule has 0 saturated heterocycles. The van der Waals surface area contributed by atoms with Gasteiger partial charge >= 0.3 is 0 Å². The van der Waals surface area contributed by atoms with Crippen molar-refractivity contribution in [3.63, 3.8) is 0 Å². The lowest BCUT2D eigenvalue weighted by Crippen LogP contribution is -2.23. The van der Waals surface area contributed by atoms with Gasteiger partial charge in [-0.05, 0) is 25.0 Å². The fraction of sp³-hybridized carbons (Fsp3) is 0.538. The molecule has 0 saturated carbocycles. The lowest BCUT2D eigenvalue weighted by Gasteiger charge is -2.21. The highest BCUT2D eigenvalue weighted by atomic mass is 19.3. The second-order valence-electron chi connectivity index (χ2n) is 4.24. The molecule has 0 spiro atoms. The SMILES string of the molecule is CCC(C)C(C)Nc1cccc(C(F)F)c1. The number of halogens is 2. The van der Waals surface area contributed by atoms with Crippen molar-refractivity contribution < 1.29 is 8.78 Å². The van der Waals surface area contributed by atoms with Crippen LogP contribution in [0.3, 0.4) is 0 Å². The van der Waals surface area contributed by atoms with Crippen LogP contribution in [0.25, 0.3) is 0 Å². The van der Waals surface area contributed by atoms with Gasteiger partial charge in [0.2, 0.25) is 0 Å². The number of hydrogen-bond donors (Lipinski definition) is 1. The standard InChI is InChI=1S/C13H19F2N/c1-4-9(2)10(3)16-12-7-5-6-11(8-12)13(14)15/h5-10,13,16H,4H2,1-3H3. The fourth-order valence-electron chi connectivity index (χ4n) is 1.52. The van der Waals surface area contributed by atoms with E-state index in [0.717, 1.165) is 12.1 Å². The summed E-state index contributed by atoms with van der Waals surface area (Å²) in [5.74, 6) is 0.523. The molecule has 1 aromatic carbocycles. The highest BCUT2D eigenvalue weighted by molar-refractivity contribution is 5.46. The van der Waals surface area contributed by atoms with E-state index in [4.69, 9.17) is 0 Å². The maximum absolute atomic E-state index is 12.5. The van der Waals surface area contributed by atoms with Crippen molar-refractivity contribution in [1.82, 2.24) is 0 Å². The van der Waals surface area contributed by atoms with Crippen LogP contribution in [0.4, 0.5) is 14.5 Å². The minimum Gasteiger partial charge on any atom is -0.382 e. The van der Waals surface area contributed by atoms with Gasteiger partial charge in [0.25, 0.3) is 6.43 Å². The molecule has 0 bridgehead atoms. The van der Waals surface area contributed by atoms with Gasteiger partial charge in [0.15, 0.2) is 0 Å². The summed E-state index contributed by atoms with van der Waals surface area (Å²) in [6.07, 6.45) is -1.33. The maximum atomic E-state index is 12.5. The van der Waals surface area contributed by atoms with Crippen LogP contribution in [0.2, 0.25) is 0 Å². The van der Waals surface area contributed by atoms with Crippen molar-refractivity contribution >= 4 is 5.69 Å². The van der Waals surface area contributed by atoms with E-state index in [2.05, 4.69) is 26.1 Å².